The summed E-state index contributed by atoms with van der Waals surface area (Å²) in [5.41, 5.74) is -0.0523. The summed E-state index contributed by atoms with van der Waals surface area (Å²) < 4.78 is 5.38. The van der Waals surface area contributed by atoms with Gasteiger partial charge in [-0.1, -0.05) is 0 Å². The number of hydrogen-bond acceptors (Lipinski definition) is 5. The number of aliphatic carboxylic acids is 1. The fourth-order valence-corrected chi connectivity index (χ4v) is 4.88. The SMILES string of the molecule is O=C(NC1(C(=O)O)CCSCC1)c1cc2c(s1)CCOC2. The largest absolute Gasteiger partial charge is 0.480 e. The normalized spacial score (nSPS) is 20.6. The first-order valence-corrected chi connectivity index (χ1v) is 8.91. The molecule has 1 saturated heterocycles. The van der Waals surface area contributed by atoms with Gasteiger partial charge in [0.2, 0.25) is 0 Å². The van der Waals surface area contributed by atoms with Gasteiger partial charge in [0.25, 0.3) is 5.91 Å². The molecule has 5 nitrogen and oxygen atoms in total. The summed E-state index contributed by atoms with van der Waals surface area (Å²) in [4.78, 5) is 25.8. The third-order valence-electron chi connectivity index (χ3n) is 3.96. The van der Waals surface area contributed by atoms with Crippen molar-refractivity contribution in [3.63, 3.8) is 0 Å². The van der Waals surface area contributed by atoms with Crippen molar-refractivity contribution in [2.24, 2.45) is 0 Å². The summed E-state index contributed by atoms with van der Waals surface area (Å²) in [6.45, 7) is 1.23. The van der Waals surface area contributed by atoms with Gasteiger partial charge in [-0.15, -0.1) is 11.3 Å². The number of amides is 1. The number of fused-ring (bicyclic) bond motifs is 1. The Hall–Kier alpha value is -1.05. The van der Waals surface area contributed by atoms with Crippen molar-refractivity contribution in [2.75, 3.05) is 18.1 Å². The lowest BCUT2D eigenvalue weighted by atomic mass is 9.92. The van der Waals surface area contributed by atoms with Crippen molar-refractivity contribution in [3.05, 3.63) is 21.4 Å². The lowest BCUT2D eigenvalue weighted by molar-refractivity contribution is -0.144. The summed E-state index contributed by atoms with van der Waals surface area (Å²) in [6, 6.07) is 1.83. The van der Waals surface area contributed by atoms with Crippen molar-refractivity contribution in [2.45, 2.75) is 31.4 Å². The van der Waals surface area contributed by atoms with Crippen molar-refractivity contribution in [3.8, 4) is 0 Å². The molecule has 0 atom stereocenters. The maximum Gasteiger partial charge on any atom is 0.329 e. The average molecular weight is 327 g/mol. The Kier molecular flexibility index (Phi) is 4.24. The molecule has 21 heavy (non-hydrogen) atoms. The Morgan fingerprint density at radius 3 is 2.76 bits per heavy atom. The quantitative estimate of drug-likeness (QED) is 0.887. The van der Waals surface area contributed by atoms with Crippen LogP contribution in [0.2, 0.25) is 0 Å². The minimum absolute atomic E-state index is 0.274. The lowest BCUT2D eigenvalue weighted by Crippen LogP contribution is -2.56. The summed E-state index contributed by atoms with van der Waals surface area (Å²) in [5.74, 6) is 0.326. The van der Waals surface area contributed by atoms with E-state index in [0.717, 1.165) is 23.5 Å². The molecule has 0 aromatic carbocycles. The van der Waals surface area contributed by atoms with Crippen LogP contribution >= 0.6 is 23.1 Å². The first kappa shape index (κ1) is 14.9. The van der Waals surface area contributed by atoms with E-state index in [-0.39, 0.29) is 5.91 Å². The Morgan fingerprint density at radius 1 is 1.33 bits per heavy atom. The van der Waals surface area contributed by atoms with E-state index in [1.54, 1.807) is 11.8 Å². The number of carbonyl (C=O) groups is 2. The van der Waals surface area contributed by atoms with Crippen molar-refractivity contribution in [1.29, 1.82) is 0 Å². The van der Waals surface area contributed by atoms with E-state index in [9.17, 15) is 14.7 Å². The molecule has 0 aliphatic carbocycles. The van der Waals surface area contributed by atoms with E-state index in [1.165, 1.54) is 16.2 Å². The summed E-state index contributed by atoms with van der Waals surface area (Å²) in [5, 5.41) is 12.3. The van der Waals surface area contributed by atoms with Crippen LogP contribution in [-0.2, 0) is 22.6 Å². The van der Waals surface area contributed by atoms with E-state index < -0.39 is 11.5 Å². The summed E-state index contributed by atoms with van der Waals surface area (Å²) >= 11 is 3.18. The fraction of sp³-hybridized carbons (Fsp3) is 0.571. The highest BCUT2D eigenvalue weighted by molar-refractivity contribution is 7.99. The van der Waals surface area contributed by atoms with Crippen molar-refractivity contribution < 1.29 is 19.4 Å². The van der Waals surface area contributed by atoms with E-state index >= 15 is 0 Å². The highest BCUT2D eigenvalue weighted by Crippen LogP contribution is 2.30. The van der Waals surface area contributed by atoms with Gasteiger partial charge in [0.1, 0.15) is 5.54 Å². The number of carboxylic acids is 1. The van der Waals surface area contributed by atoms with Crippen LogP contribution < -0.4 is 5.32 Å². The molecule has 2 aliphatic heterocycles. The van der Waals surface area contributed by atoms with Gasteiger partial charge in [-0.3, -0.25) is 4.79 Å². The second-order valence-corrected chi connectivity index (χ2v) is 7.68. The standard InChI is InChI=1S/C14H17NO4S2/c16-12(11-7-9-8-19-4-1-10(9)21-11)15-14(13(17)18)2-5-20-6-3-14/h7H,1-6,8H2,(H,15,16)(H,17,18). The topological polar surface area (TPSA) is 75.6 Å². The molecule has 1 aromatic rings. The monoisotopic (exact) mass is 327 g/mol. The summed E-state index contributed by atoms with van der Waals surface area (Å²) in [7, 11) is 0. The average Bonchev–Trinajstić information content (AvgIpc) is 2.92. The highest BCUT2D eigenvalue weighted by Gasteiger charge is 2.41. The second-order valence-electron chi connectivity index (χ2n) is 5.32. The predicted molar refractivity (Wildman–Crippen MR) is 82.1 cm³/mol. The molecular weight excluding hydrogens is 310 g/mol. The zero-order valence-corrected chi connectivity index (χ0v) is 13.1. The molecule has 0 radical (unpaired) electrons. The first-order chi connectivity index (χ1) is 10.1. The number of rotatable bonds is 3. The van der Waals surface area contributed by atoms with Crippen LogP contribution in [0.15, 0.2) is 6.07 Å². The van der Waals surface area contributed by atoms with Crippen LogP contribution in [-0.4, -0.2) is 40.6 Å². The van der Waals surface area contributed by atoms with Crippen LogP contribution in [0, 0.1) is 0 Å². The molecule has 0 spiro atoms. The number of hydrogen-bond donors (Lipinski definition) is 2. The molecule has 3 heterocycles. The zero-order valence-electron chi connectivity index (χ0n) is 11.5. The lowest BCUT2D eigenvalue weighted by Gasteiger charge is -2.33. The Balaban J connectivity index is 1.78. The molecule has 3 rings (SSSR count). The fourth-order valence-electron chi connectivity index (χ4n) is 2.65. The maximum atomic E-state index is 12.4. The second kappa shape index (κ2) is 5.98. The number of carboxylic acid groups (broad SMARTS) is 1. The van der Waals surface area contributed by atoms with Gasteiger partial charge in [-0.25, -0.2) is 4.79 Å². The smallest absolute Gasteiger partial charge is 0.329 e. The Bertz CT molecular complexity index is 540. The third-order valence-corrected chi connectivity index (χ3v) is 6.18. The van der Waals surface area contributed by atoms with E-state index in [1.807, 2.05) is 6.07 Å². The molecule has 1 fully saturated rings. The Morgan fingerprint density at radius 2 is 2.10 bits per heavy atom. The van der Waals surface area contributed by atoms with Crippen LogP contribution in [0.4, 0.5) is 0 Å². The first-order valence-electron chi connectivity index (χ1n) is 6.94. The van der Waals surface area contributed by atoms with Crippen LogP contribution in [0.5, 0.6) is 0 Å². The molecule has 2 N–H and O–H groups in total. The number of thioether (sulfide) groups is 1. The third kappa shape index (κ3) is 2.95. The number of carbonyl (C=O) groups excluding carboxylic acids is 1. The molecule has 0 saturated carbocycles. The minimum Gasteiger partial charge on any atom is -0.480 e. The van der Waals surface area contributed by atoms with Gasteiger partial charge in [0.15, 0.2) is 0 Å². The maximum absolute atomic E-state index is 12.4. The Labute approximate surface area is 131 Å². The van der Waals surface area contributed by atoms with E-state index in [2.05, 4.69) is 5.32 Å². The van der Waals surface area contributed by atoms with E-state index in [4.69, 9.17) is 4.74 Å². The van der Waals surface area contributed by atoms with Gasteiger partial charge in [-0.2, -0.15) is 11.8 Å². The van der Waals surface area contributed by atoms with Crippen LogP contribution in [0.1, 0.15) is 33.0 Å². The number of nitrogens with one attached hydrogen (secondary N) is 1. The molecule has 0 bridgehead atoms. The molecule has 1 amide bonds. The molecular formula is C14H17NO4S2. The van der Waals surface area contributed by atoms with Crippen LogP contribution in [0.25, 0.3) is 0 Å². The number of thiophene rings is 1. The van der Waals surface area contributed by atoms with Gasteiger partial charge < -0.3 is 15.2 Å². The highest BCUT2D eigenvalue weighted by atomic mass is 32.2. The molecule has 7 heteroatoms. The van der Waals surface area contributed by atoms with Gasteiger partial charge in [0.05, 0.1) is 18.1 Å². The van der Waals surface area contributed by atoms with E-state index in [0.29, 0.717) is 30.9 Å². The summed E-state index contributed by atoms with van der Waals surface area (Å²) in [6.07, 6.45) is 1.79. The number of ether oxygens (including phenoxy) is 1. The van der Waals surface area contributed by atoms with Crippen molar-refractivity contribution in [1.82, 2.24) is 5.32 Å². The van der Waals surface area contributed by atoms with Gasteiger partial charge in [0, 0.05) is 11.3 Å². The molecule has 1 aromatic heterocycles. The van der Waals surface area contributed by atoms with Gasteiger partial charge >= 0.3 is 5.97 Å². The molecule has 2 aliphatic rings. The van der Waals surface area contributed by atoms with Gasteiger partial charge in [-0.05, 0) is 36.0 Å². The van der Waals surface area contributed by atoms with Crippen LogP contribution in [0.3, 0.4) is 0 Å². The minimum atomic E-state index is -1.11. The molecule has 114 valence electrons. The zero-order chi connectivity index (χ0) is 14.9. The van der Waals surface area contributed by atoms with Crippen molar-refractivity contribution >= 4 is 35.0 Å². The molecule has 0 unspecified atom stereocenters. The predicted octanol–water partition coefficient (Wildman–Crippen LogP) is 1.90.